The minimum Gasteiger partial charge on any atom is -0.601 e. The first-order valence-corrected chi connectivity index (χ1v) is 12.6. The molecular weight excluding hydrogens is 464 g/mol. The Hall–Kier alpha value is -2.66. The number of hydrogen-bond donors (Lipinski definition) is 4. The Balaban J connectivity index is 1.64. The zero-order valence-corrected chi connectivity index (χ0v) is 20.0. The molecule has 0 bridgehead atoms. The molecule has 1 aliphatic carbocycles. The summed E-state index contributed by atoms with van der Waals surface area (Å²) in [7, 11) is -3.69. The SMILES string of the molecule is CC(C)(C)NS(=O)(=O)c1ccc(-c2ncc(C#CCO)c(NC3=N[NH+]([O-])C(C4CC4)=C3)n2)s1. The lowest BCUT2D eigenvalue weighted by Gasteiger charge is -2.19. The number of aliphatic hydroxyl groups is 1. The quantitative estimate of drug-likeness (QED) is 0.364. The van der Waals surface area contributed by atoms with Gasteiger partial charge in [0.1, 0.15) is 16.5 Å². The zero-order valence-electron chi connectivity index (χ0n) is 18.3. The summed E-state index contributed by atoms with van der Waals surface area (Å²) in [5, 5.41) is 28.0. The van der Waals surface area contributed by atoms with Crippen LogP contribution >= 0.6 is 11.3 Å². The summed E-state index contributed by atoms with van der Waals surface area (Å²) >= 11 is 1.05. The van der Waals surface area contributed by atoms with Gasteiger partial charge in [0, 0.05) is 23.7 Å². The van der Waals surface area contributed by atoms with Crippen molar-refractivity contribution in [3.8, 4) is 22.5 Å². The second-order valence-corrected chi connectivity index (χ2v) is 11.7. The fraction of sp³-hybridized carbons (Fsp3) is 0.381. The number of aliphatic hydroxyl groups excluding tert-OH is 1. The molecule has 1 saturated carbocycles. The highest BCUT2D eigenvalue weighted by atomic mass is 32.2. The minimum atomic E-state index is -3.69. The average molecular weight is 489 g/mol. The van der Waals surface area contributed by atoms with Crippen molar-refractivity contribution in [1.82, 2.24) is 14.7 Å². The van der Waals surface area contributed by atoms with Crippen LogP contribution in [0.5, 0.6) is 0 Å². The third-order valence-corrected chi connectivity index (χ3v) is 7.95. The second-order valence-electron chi connectivity index (χ2n) is 8.69. The van der Waals surface area contributed by atoms with Crippen molar-refractivity contribution < 1.29 is 18.7 Å². The number of aromatic nitrogens is 2. The van der Waals surface area contributed by atoms with E-state index in [1.807, 2.05) is 0 Å². The molecule has 10 nitrogen and oxygen atoms in total. The fourth-order valence-corrected chi connectivity index (χ4v) is 5.81. The third kappa shape index (κ3) is 5.64. The molecular formula is C21H24N6O4S2. The highest BCUT2D eigenvalue weighted by Gasteiger charge is 2.35. The van der Waals surface area contributed by atoms with Gasteiger partial charge in [0.15, 0.2) is 17.5 Å². The first-order valence-electron chi connectivity index (χ1n) is 10.3. The van der Waals surface area contributed by atoms with Crippen LogP contribution in [0.1, 0.15) is 39.2 Å². The molecule has 0 aromatic carbocycles. The van der Waals surface area contributed by atoms with E-state index in [0.717, 1.165) is 24.2 Å². The number of thiophene rings is 1. The van der Waals surface area contributed by atoms with Crippen LogP contribution in [0.3, 0.4) is 0 Å². The Morgan fingerprint density at radius 3 is 2.76 bits per heavy atom. The van der Waals surface area contributed by atoms with Gasteiger partial charge in [0.2, 0.25) is 0 Å². The van der Waals surface area contributed by atoms with E-state index < -0.39 is 15.6 Å². The lowest BCUT2D eigenvalue weighted by molar-refractivity contribution is -0.813. The van der Waals surface area contributed by atoms with Crippen LogP contribution in [0.4, 0.5) is 5.82 Å². The Morgan fingerprint density at radius 1 is 1.33 bits per heavy atom. The first-order chi connectivity index (χ1) is 15.6. The van der Waals surface area contributed by atoms with Crippen molar-refractivity contribution >= 4 is 33.0 Å². The maximum atomic E-state index is 12.6. The number of nitrogens with one attached hydrogen (secondary N) is 3. The van der Waals surface area contributed by atoms with Crippen molar-refractivity contribution in [1.29, 1.82) is 0 Å². The Bertz CT molecular complexity index is 1290. The Labute approximate surface area is 196 Å². The minimum absolute atomic E-state index is 0.150. The van der Waals surface area contributed by atoms with Crippen molar-refractivity contribution in [2.24, 2.45) is 11.0 Å². The van der Waals surface area contributed by atoms with Gasteiger partial charge in [0.05, 0.1) is 10.4 Å². The molecule has 0 amide bonds. The molecule has 2 aromatic heterocycles. The van der Waals surface area contributed by atoms with Gasteiger partial charge < -0.3 is 15.6 Å². The summed E-state index contributed by atoms with van der Waals surface area (Å²) in [5.74, 6) is 6.58. The lowest BCUT2D eigenvalue weighted by atomic mass is 10.1. The zero-order chi connectivity index (χ0) is 23.8. The van der Waals surface area contributed by atoms with E-state index in [9.17, 15) is 13.6 Å². The third-order valence-electron chi connectivity index (χ3n) is 4.62. The van der Waals surface area contributed by atoms with E-state index in [4.69, 9.17) is 5.11 Å². The van der Waals surface area contributed by atoms with E-state index in [-0.39, 0.29) is 21.9 Å². The summed E-state index contributed by atoms with van der Waals surface area (Å²) in [4.78, 5) is 9.37. The number of sulfonamides is 1. The molecule has 33 heavy (non-hydrogen) atoms. The molecule has 12 heteroatoms. The van der Waals surface area contributed by atoms with Crippen molar-refractivity contribution in [2.45, 2.75) is 43.4 Å². The molecule has 4 N–H and O–H groups in total. The molecule has 1 aliphatic heterocycles. The van der Waals surface area contributed by atoms with Gasteiger partial charge >= 0.3 is 0 Å². The molecule has 174 valence electrons. The van der Waals surface area contributed by atoms with Gasteiger partial charge in [-0.25, -0.2) is 28.3 Å². The number of nitrogens with zero attached hydrogens (tertiary/aromatic N) is 3. The normalized spacial score (nSPS) is 18.4. The Morgan fingerprint density at radius 2 is 2.09 bits per heavy atom. The summed E-state index contributed by atoms with van der Waals surface area (Å²) in [6.45, 7) is 4.97. The molecule has 1 fully saturated rings. The van der Waals surface area contributed by atoms with Crippen molar-refractivity contribution in [2.75, 3.05) is 11.9 Å². The van der Waals surface area contributed by atoms with E-state index in [1.165, 1.54) is 12.3 Å². The molecule has 3 heterocycles. The van der Waals surface area contributed by atoms with Gasteiger partial charge in [-0.05, 0) is 45.7 Å². The summed E-state index contributed by atoms with van der Waals surface area (Å²) in [5.41, 5.74) is 0.486. The average Bonchev–Trinajstić information content (AvgIpc) is 3.30. The predicted octanol–water partition coefficient (Wildman–Crippen LogP) is 1.04. The molecule has 0 spiro atoms. The van der Waals surface area contributed by atoms with Crippen LogP contribution in [0, 0.1) is 23.0 Å². The molecule has 4 rings (SSSR count). The fourth-order valence-electron chi connectivity index (χ4n) is 3.15. The number of hydroxylamine groups is 1. The largest absolute Gasteiger partial charge is 0.601 e. The van der Waals surface area contributed by atoms with Crippen LogP contribution < -0.4 is 15.2 Å². The topological polar surface area (TPSA) is 144 Å². The number of allylic oxidation sites excluding steroid dienone is 1. The highest BCUT2D eigenvalue weighted by Crippen LogP contribution is 2.34. The van der Waals surface area contributed by atoms with Crippen LogP contribution in [0.25, 0.3) is 10.7 Å². The summed E-state index contributed by atoms with van der Waals surface area (Å²) in [6.07, 6.45) is 5.17. The molecule has 2 aliphatic rings. The lowest BCUT2D eigenvalue weighted by Crippen LogP contribution is -2.99. The molecule has 0 radical (unpaired) electrons. The Kier molecular flexibility index (Phi) is 6.37. The van der Waals surface area contributed by atoms with Crippen LogP contribution in [-0.4, -0.2) is 41.5 Å². The number of hydrogen-bond acceptors (Lipinski definition) is 9. The smallest absolute Gasteiger partial charge is 0.250 e. The second kappa shape index (κ2) is 8.94. The van der Waals surface area contributed by atoms with Gasteiger partial charge in [-0.15, -0.1) is 11.3 Å². The highest BCUT2D eigenvalue weighted by molar-refractivity contribution is 7.91. The maximum Gasteiger partial charge on any atom is 0.250 e. The number of quaternary nitrogens is 1. The molecule has 1 atom stereocenters. The van der Waals surface area contributed by atoms with Crippen molar-refractivity contribution in [3.63, 3.8) is 0 Å². The molecule has 2 aromatic rings. The maximum absolute atomic E-state index is 12.6. The number of amidine groups is 1. The molecule has 1 unspecified atom stereocenters. The van der Waals surface area contributed by atoms with Crippen LogP contribution in [-0.2, 0) is 10.0 Å². The van der Waals surface area contributed by atoms with Gasteiger partial charge in [-0.3, -0.25) is 0 Å². The van der Waals surface area contributed by atoms with Crippen molar-refractivity contribution in [3.05, 3.63) is 40.9 Å². The van der Waals surface area contributed by atoms with E-state index >= 15 is 0 Å². The van der Waals surface area contributed by atoms with E-state index in [2.05, 4.69) is 36.9 Å². The number of rotatable bonds is 5. The van der Waals surface area contributed by atoms with E-state index in [1.54, 1.807) is 32.9 Å². The standard InChI is InChI=1S/C21H24N6O4S2/c1-21(2,3)26-33(30,31)18-9-8-16(32-18)20-22-12-14(5-4-10-28)19(24-20)23-17-11-15(13-6-7-13)27(29)25-17/h8-9,11-13,26-28H,6-7,10H2,1-3H3,(H,22,23,24,25). The van der Waals surface area contributed by atoms with Gasteiger partial charge in [0.25, 0.3) is 10.0 Å². The van der Waals surface area contributed by atoms with Gasteiger partial charge in [-0.2, -0.15) is 0 Å². The monoisotopic (exact) mass is 488 g/mol. The van der Waals surface area contributed by atoms with Crippen LogP contribution in [0.2, 0.25) is 0 Å². The first kappa shape index (κ1) is 23.5. The number of anilines is 1. The van der Waals surface area contributed by atoms with Gasteiger partial charge in [-0.1, -0.05) is 16.9 Å². The summed E-state index contributed by atoms with van der Waals surface area (Å²) < 4.78 is 28.0. The summed E-state index contributed by atoms with van der Waals surface area (Å²) in [6, 6.07) is 3.15. The van der Waals surface area contributed by atoms with Crippen LogP contribution in [0.15, 0.2) is 39.4 Å². The van der Waals surface area contributed by atoms with E-state index in [0.29, 0.717) is 33.6 Å². The molecule has 0 saturated heterocycles. The predicted molar refractivity (Wildman–Crippen MR) is 126 cm³/mol.